The number of piperidine rings is 1. The Morgan fingerprint density at radius 1 is 1.50 bits per heavy atom. The molecule has 1 saturated heterocycles. The summed E-state index contributed by atoms with van der Waals surface area (Å²) in [7, 11) is 1.76. The fourth-order valence-electron chi connectivity index (χ4n) is 2.49. The Morgan fingerprint density at radius 3 is 3.00 bits per heavy atom. The first-order chi connectivity index (χ1) is 9.48. The van der Waals surface area contributed by atoms with E-state index < -0.39 is 0 Å². The van der Waals surface area contributed by atoms with Crippen molar-refractivity contribution in [3.63, 3.8) is 0 Å². The summed E-state index contributed by atoms with van der Waals surface area (Å²) in [6, 6.07) is 0.747. The summed E-state index contributed by atoms with van der Waals surface area (Å²) in [5.74, 6) is 0.580. The molecule has 0 bridgehead atoms. The van der Waals surface area contributed by atoms with Gasteiger partial charge in [0.25, 0.3) is 6.01 Å². The van der Waals surface area contributed by atoms with Gasteiger partial charge in [-0.2, -0.15) is 4.98 Å². The van der Waals surface area contributed by atoms with E-state index in [2.05, 4.69) is 36.0 Å². The fourth-order valence-corrected chi connectivity index (χ4v) is 2.49. The number of anilines is 1. The lowest BCUT2D eigenvalue weighted by atomic mass is 9.99. The smallest absolute Gasteiger partial charge is 0.297 e. The van der Waals surface area contributed by atoms with Crippen molar-refractivity contribution < 1.29 is 9.15 Å². The monoisotopic (exact) mass is 281 g/mol. The molecule has 2 heterocycles. The van der Waals surface area contributed by atoms with E-state index in [0.717, 1.165) is 37.9 Å². The number of nitrogens with zero attached hydrogens (tertiary/aromatic N) is 2. The minimum Gasteiger partial charge on any atom is -0.432 e. The number of oxazole rings is 1. The lowest BCUT2D eigenvalue weighted by Gasteiger charge is -2.31. The van der Waals surface area contributed by atoms with E-state index in [1.807, 2.05) is 0 Å². The molecule has 1 aliphatic heterocycles. The van der Waals surface area contributed by atoms with Crippen LogP contribution in [-0.2, 0) is 11.3 Å². The van der Waals surface area contributed by atoms with Crippen LogP contribution in [-0.4, -0.2) is 37.3 Å². The van der Waals surface area contributed by atoms with Gasteiger partial charge in [0.05, 0.1) is 12.3 Å². The third-order valence-corrected chi connectivity index (χ3v) is 3.53. The summed E-state index contributed by atoms with van der Waals surface area (Å²) in [4.78, 5) is 6.82. The standard InChI is InChI=1S/C15H27N3O2/c1-15(2,3)16-8-13-11-20-14(17-13)18-7-5-6-12(9-18)10-19-4/h11-12,16H,5-10H2,1-4H3. The van der Waals surface area contributed by atoms with Crippen molar-refractivity contribution in [1.29, 1.82) is 0 Å². The molecule has 5 heteroatoms. The maximum atomic E-state index is 5.63. The minimum atomic E-state index is 0.0911. The molecule has 1 aliphatic rings. The van der Waals surface area contributed by atoms with E-state index in [0.29, 0.717) is 5.92 Å². The summed E-state index contributed by atoms with van der Waals surface area (Å²) in [5, 5.41) is 3.42. The third kappa shape index (κ3) is 4.49. The van der Waals surface area contributed by atoms with Crippen molar-refractivity contribution in [3.05, 3.63) is 12.0 Å². The Morgan fingerprint density at radius 2 is 2.30 bits per heavy atom. The van der Waals surface area contributed by atoms with Gasteiger partial charge in [0, 0.05) is 32.3 Å². The van der Waals surface area contributed by atoms with Gasteiger partial charge in [-0.3, -0.25) is 0 Å². The van der Waals surface area contributed by atoms with Crippen molar-refractivity contribution in [2.75, 3.05) is 31.7 Å². The Labute approximate surface area is 121 Å². The number of hydrogen-bond donors (Lipinski definition) is 1. The van der Waals surface area contributed by atoms with E-state index in [9.17, 15) is 0 Å². The van der Waals surface area contributed by atoms with Crippen LogP contribution in [0.25, 0.3) is 0 Å². The molecule has 0 aromatic carbocycles. The highest BCUT2D eigenvalue weighted by Crippen LogP contribution is 2.23. The first-order valence-corrected chi connectivity index (χ1v) is 7.41. The molecule has 1 aromatic rings. The summed E-state index contributed by atoms with van der Waals surface area (Å²) < 4.78 is 10.9. The second kappa shape index (κ2) is 6.59. The Hall–Kier alpha value is -1.07. The summed E-state index contributed by atoms with van der Waals surface area (Å²) in [5.41, 5.74) is 1.05. The van der Waals surface area contributed by atoms with Gasteiger partial charge in [0.1, 0.15) is 6.26 Å². The highest BCUT2D eigenvalue weighted by atomic mass is 16.5. The number of hydrogen-bond acceptors (Lipinski definition) is 5. The van der Waals surface area contributed by atoms with Crippen LogP contribution in [0.1, 0.15) is 39.3 Å². The second-order valence-electron chi connectivity index (χ2n) is 6.63. The number of aromatic nitrogens is 1. The summed E-state index contributed by atoms with van der Waals surface area (Å²) in [6.45, 7) is 9.99. The summed E-state index contributed by atoms with van der Waals surface area (Å²) >= 11 is 0. The van der Waals surface area contributed by atoms with E-state index >= 15 is 0 Å². The maximum Gasteiger partial charge on any atom is 0.297 e. The molecule has 1 unspecified atom stereocenters. The van der Waals surface area contributed by atoms with Gasteiger partial charge in [-0.15, -0.1) is 0 Å². The molecule has 20 heavy (non-hydrogen) atoms. The Balaban J connectivity index is 1.91. The number of methoxy groups -OCH3 is 1. The highest BCUT2D eigenvalue weighted by molar-refractivity contribution is 5.28. The van der Waals surface area contributed by atoms with Crippen LogP contribution in [0.2, 0.25) is 0 Å². The molecule has 2 rings (SSSR count). The zero-order valence-corrected chi connectivity index (χ0v) is 13.1. The van der Waals surface area contributed by atoms with Gasteiger partial charge in [-0.05, 0) is 39.5 Å². The molecule has 0 saturated carbocycles. The fraction of sp³-hybridized carbons (Fsp3) is 0.800. The molecule has 1 aromatic heterocycles. The van der Waals surface area contributed by atoms with Crippen LogP contribution < -0.4 is 10.2 Å². The van der Waals surface area contributed by atoms with Gasteiger partial charge in [-0.1, -0.05) is 0 Å². The molecule has 0 spiro atoms. The molecular formula is C15H27N3O2. The van der Waals surface area contributed by atoms with Crippen molar-refractivity contribution in [2.45, 2.75) is 45.7 Å². The lowest BCUT2D eigenvalue weighted by Crippen LogP contribution is -2.37. The van der Waals surface area contributed by atoms with E-state index in [1.54, 1.807) is 13.4 Å². The number of rotatable bonds is 5. The van der Waals surface area contributed by atoms with Crippen molar-refractivity contribution in [2.24, 2.45) is 5.92 Å². The first kappa shape index (κ1) is 15.3. The first-order valence-electron chi connectivity index (χ1n) is 7.41. The SMILES string of the molecule is COCC1CCCN(c2nc(CNC(C)(C)C)co2)C1. The Bertz CT molecular complexity index is 409. The second-order valence-corrected chi connectivity index (χ2v) is 6.63. The van der Waals surface area contributed by atoms with Gasteiger partial charge >= 0.3 is 0 Å². The zero-order chi connectivity index (χ0) is 14.6. The average molecular weight is 281 g/mol. The average Bonchev–Trinajstić information content (AvgIpc) is 2.85. The minimum absolute atomic E-state index is 0.0911. The molecule has 0 aliphatic carbocycles. The molecule has 0 radical (unpaired) electrons. The maximum absolute atomic E-state index is 5.63. The van der Waals surface area contributed by atoms with Crippen LogP contribution >= 0.6 is 0 Å². The third-order valence-electron chi connectivity index (χ3n) is 3.53. The van der Waals surface area contributed by atoms with Gasteiger partial charge < -0.3 is 19.4 Å². The van der Waals surface area contributed by atoms with Crippen LogP contribution in [0, 0.1) is 5.92 Å². The topological polar surface area (TPSA) is 50.5 Å². The predicted octanol–water partition coefficient (Wildman–Crippen LogP) is 2.43. The van der Waals surface area contributed by atoms with Crippen molar-refractivity contribution in [3.8, 4) is 0 Å². The van der Waals surface area contributed by atoms with E-state index in [1.165, 1.54) is 12.8 Å². The summed E-state index contributed by atoms with van der Waals surface area (Å²) in [6.07, 6.45) is 4.16. The molecule has 0 amide bonds. The lowest BCUT2D eigenvalue weighted by molar-refractivity contribution is 0.142. The van der Waals surface area contributed by atoms with Crippen LogP contribution in [0.4, 0.5) is 6.01 Å². The van der Waals surface area contributed by atoms with E-state index in [-0.39, 0.29) is 5.54 Å². The normalized spacial score (nSPS) is 20.4. The highest BCUT2D eigenvalue weighted by Gasteiger charge is 2.23. The largest absolute Gasteiger partial charge is 0.432 e. The van der Waals surface area contributed by atoms with Gasteiger partial charge in [0.2, 0.25) is 0 Å². The molecule has 1 N–H and O–H groups in total. The number of nitrogens with one attached hydrogen (secondary N) is 1. The quantitative estimate of drug-likeness (QED) is 0.898. The molecule has 114 valence electrons. The van der Waals surface area contributed by atoms with Crippen LogP contribution in [0.3, 0.4) is 0 Å². The molecular weight excluding hydrogens is 254 g/mol. The van der Waals surface area contributed by atoms with E-state index in [4.69, 9.17) is 9.15 Å². The van der Waals surface area contributed by atoms with Gasteiger partial charge in [-0.25, -0.2) is 0 Å². The molecule has 1 atom stereocenters. The number of ether oxygens (including phenoxy) is 1. The molecule has 1 fully saturated rings. The van der Waals surface area contributed by atoms with Crippen molar-refractivity contribution >= 4 is 6.01 Å². The Kier molecular flexibility index (Phi) is 5.05. The van der Waals surface area contributed by atoms with Gasteiger partial charge in [0.15, 0.2) is 0 Å². The molecule has 5 nitrogen and oxygen atoms in total. The van der Waals surface area contributed by atoms with Crippen LogP contribution in [0.5, 0.6) is 0 Å². The predicted molar refractivity (Wildman–Crippen MR) is 79.9 cm³/mol. The van der Waals surface area contributed by atoms with Crippen LogP contribution in [0.15, 0.2) is 10.7 Å². The van der Waals surface area contributed by atoms with Crippen molar-refractivity contribution in [1.82, 2.24) is 10.3 Å². The zero-order valence-electron chi connectivity index (χ0n) is 13.1.